The van der Waals surface area contributed by atoms with E-state index in [2.05, 4.69) is 5.32 Å². The summed E-state index contributed by atoms with van der Waals surface area (Å²) in [5.74, 6) is -2.10. The molecule has 2 aromatic rings. The highest BCUT2D eigenvalue weighted by Crippen LogP contribution is 2.39. The lowest BCUT2D eigenvalue weighted by atomic mass is 9.82. The molecule has 2 aliphatic rings. The van der Waals surface area contributed by atoms with Gasteiger partial charge in [0.2, 0.25) is 0 Å². The summed E-state index contributed by atoms with van der Waals surface area (Å²) >= 11 is 0. The van der Waals surface area contributed by atoms with Gasteiger partial charge in [0, 0.05) is 36.9 Å². The van der Waals surface area contributed by atoms with E-state index in [-0.39, 0.29) is 29.1 Å². The Kier molecular flexibility index (Phi) is 6.40. The van der Waals surface area contributed by atoms with E-state index in [4.69, 9.17) is 0 Å². The van der Waals surface area contributed by atoms with Gasteiger partial charge in [0.25, 0.3) is 11.7 Å². The molecule has 1 fully saturated rings. The zero-order valence-electron chi connectivity index (χ0n) is 20.6. The molecule has 1 spiro atoms. The lowest BCUT2D eigenvalue weighted by Crippen LogP contribution is -2.59. The predicted molar refractivity (Wildman–Crippen MR) is 128 cm³/mol. The van der Waals surface area contributed by atoms with Crippen molar-refractivity contribution in [1.29, 1.82) is 0 Å². The smallest absolute Gasteiger partial charge is 0.339 e. The predicted octanol–water partition coefficient (Wildman–Crippen LogP) is 3.93. The van der Waals surface area contributed by atoms with Crippen molar-refractivity contribution in [3.8, 4) is 0 Å². The summed E-state index contributed by atoms with van der Waals surface area (Å²) in [6.07, 6.45) is -4.03. The number of halogens is 3. The van der Waals surface area contributed by atoms with Gasteiger partial charge >= 0.3 is 6.18 Å². The number of carbonyl (C=O) groups excluding carboxylic acids is 2. The number of hydrogen-bond donors (Lipinski definition) is 1. The van der Waals surface area contributed by atoms with Crippen LogP contribution in [0.25, 0.3) is 0 Å². The van der Waals surface area contributed by atoms with Gasteiger partial charge in [-0.2, -0.15) is 13.2 Å². The normalized spacial score (nSPS) is 20.3. The number of likely N-dealkylation sites (tertiary alicyclic amines) is 1. The summed E-state index contributed by atoms with van der Waals surface area (Å²) < 4.78 is 65.1. The topological polar surface area (TPSA) is 88.5 Å². The minimum Gasteiger partial charge on any atom is -0.339 e. The third-order valence-electron chi connectivity index (χ3n) is 7.06. The Labute approximate surface area is 208 Å². The number of sulfone groups is 1. The summed E-state index contributed by atoms with van der Waals surface area (Å²) in [6.45, 7) is 7.66. The highest BCUT2D eigenvalue weighted by atomic mass is 32.2. The van der Waals surface area contributed by atoms with E-state index in [0.717, 1.165) is 0 Å². The Balaban J connectivity index is 1.52. The van der Waals surface area contributed by atoms with Crippen molar-refractivity contribution in [2.24, 2.45) is 0 Å². The zero-order valence-corrected chi connectivity index (χ0v) is 21.5. The van der Waals surface area contributed by atoms with Crippen LogP contribution >= 0.6 is 0 Å². The number of nitrogens with one attached hydrogen (secondary N) is 1. The largest absolute Gasteiger partial charge is 0.456 e. The molecule has 7 nitrogen and oxygen atoms in total. The molecule has 1 amide bonds. The van der Waals surface area contributed by atoms with Gasteiger partial charge in [0.1, 0.15) is 0 Å². The average Bonchev–Trinajstić information content (AvgIpc) is 3.21. The zero-order chi connectivity index (χ0) is 26.7. The van der Waals surface area contributed by atoms with Crippen molar-refractivity contribution in [2.75, 3.05) is 13.1 Å². The fraction of sp³-hybridized carbons (Fsp3) is 0.520. The van der Waals surface area contributed by atoms with Crippen molar-refractivity contribution in [2.45, 2.75) is 74.5 Å². The number of Topliss-reactive ketones (excluding diaryl/α,β-unsaturated/α-hetero) is 1. The Morgan fingerprint density at radius 3 is 2.11 bits per heavy atom. The molecule has 1 N–H and O–H groups in total. The summed E-state index contributed by atoms with van der Waals surface area (Å²) in [6, 6.07) is 8.54. The van der Waals surface area contributed by atoms with E-state index in [1.807, 2.05) is 6.92 Å². The molecule has 196 valence electrons. The minimum absolute atomic E-state index is 0.148. The molecule has 1 atom stereocenters. The van der Waals surface area contributed by atoms with Crippen LogP contribution in [0, 0.1) is 0 Å². The maximum atomic E-state index is 13.1. The second kappa shape index (κ2) is 8.72. The van der Waals surface area contributed by atoms with Gasteiger partial charge in [0.05, 0.1) is 20.9 Å². The Hall–Kier alpha value is -2.66. The van der Waals surface area contributed by atoms with Crippen molar-refractivity contribution in [3.63, 3.8) is 0 Å². The molecule has 0 aliphatic carbocycles. The van der Waals surface area contributed by atoms with E-state index in [1.54, 1.807) is 31.7 Å². The molecule has 4 rings (SSSR count). The molecule has 1 aromatic carbocycles. The van der Waals surface area contributed by atoms with Crippen LogP contribution in [0.3, 0.4) is 0 Å². The fourth-order valence-electron chi connectivity index (χ4n) is 5.10. The van der Waals surface area contributed by atoms with Gasteiger partial charge in [-0.3, -0.25) is 9.59 Å². The number of aromatic nitrogens is 1. The number of piperidine rings is 1. The van der Waals surface area contributed by atoms with E-state index in [0.29, 0.717) is 37.2 Å². The number of hydrogen-bond acceptors (Lipinski definition) is 5. The van der Waals surface area contributed by atoms with E-state index >= 15 is 0 Å². The quantitative estimate of drug-likeness (QED) is 0.614. The molecule has 11 heteroatoms. The molecular formula is C25H30F3N3O4S. The number of fused-ring (bicyclic) bond motifs is 2. The molecule has 0 unspecified atom stereocenters. The third kappa shape index (κ3) is 4.47. The van der Waals surface area contributed by atoms with Crippen molar-refractivity contribution in [1.82, 2.24) is 14.8 Å². The van der Waals surface area contributed by atoms with Crippen LogP contribution in [-0.4, -0.2) is 59.6 Å². The highest BCUT2D eigenvalue weighted by Gasteiger charge is 2.47. The summed E-state index contributed by atoms with van der Waals surface area (Å²) in [5.41, 5.74) is -0.0280. The molecule has 1 saturated heterocycles. The van der Waals surface area contributed by atoms with Crippen LogP contribution in [-0.2, 0) is 21.9 Å². The summed E-state index contributed by atoms with van der Waals surface area (Å²) in [5, 5.41) is 3.50. The second-order valence-corrected chi connectivity index (χ2v) is 13.3. The van der Waals surface area contributed by atoms with Crippen LogP contribution in [0.4, 0.5) is 13.2 Å². The SMILES string of the molecule is C[C@H]1Cn2c(C(=O)C(F)(F)F)ccc2C2(CCN(C(=O)c3ccc(S(=O)(=O)C(C)(C)C)cc3)CC2)N1. The first-order valence-electron chi connectivity index (χ1n) is 11.8. The lowest BCUT2D eigenvalue weighted by Gasteiger charge is -2.47. The number of rotatable bonds is 3. The molecule has 2 aliphatic heterocycles. The van der Waals surface area contributed by atoms with Gasteiger partial charge in [0.15, 0.2) is 9.84 Å². The Morgan fingerprint density at radius 1 is 1.00 bits per heavy atom. The number of benzene rings is 1. The Bertz CT molecular complexity index is 1280. The molecule has 36 heavy (non-hydrogen) atoms. The summed E-state index contributed by atoms with van der Waals surface area (Å²) in [4.78, 5) is 26.9. The first-order chi connectivity index (χ1) is 16.6. The van der Waals surface area contributed by atoms with Gasteiger partial charge < -0.3 is 14.8 Å². The van der Waals surface area contributed by atoms with E-state index in [9.17, 15) is 31.2 Å². The van der Waals surface area contributed by atoms with Crippen LogP contribution < -0.4 is 5.32 Å². The monoisotopic (exact) mass is 525 g/mol. The highest BCUT2D eigenvalue weighted by molar-refractivity contribution is 7.92. The van der Waals surface area contributed by atoms with Crippen molar-refractivity contribution in [3.05, 3.63) is 53.3 Å². The molecule has 1 aromatic heterocycles. The first kappa shape index (κ1) is 26.4. The maximum Gasteiger partial charge on any atom is 0.456 e. The van der Waals surface area contributed by atoms with Gasteiger partial charge in [-0.1, -0.05) is 0 Å². The van der Waals surface area contributed by atoms with Gasteiger partial charge in [-0.25, -0.2) is 8.42 Å². The van der Waals surface area contributed by atoms with Crippen molar-refractivity contribution >= 4 is 21.5 Å². The summed E-state index contributed by atoms with van der Waals surface area (Å²) in [7, 11) is -3.54. The van der Waals surface area contributed by atoms with Crippen LogP contribution in [0.5, 0.6) is 0 Å². The standard InChI is InChI=1S/C25H30F3N3O4S/c1-16-15-31-19(21(32)25(26,27)28)9-10-20(31)24(29-16)11-13-30(14-12-24)22(33)17-5-7-18(8-6-17)36(34,35)23(2,3)4/h5-10,16,29H,11-15H2,1-4H3/t16-/m0/s1. The van der Waals surface area contributed by atoms with Crippen LogP contribution in [0.1, 0.15) is 67.1 Å². The number of nitrogens with zero attached hydrogens (tertiary/aromatic N) is 2. The molecular weight excluding hydrogens is 495 g/mol. The van der Waals surface area contributed by atoms with E-state index in [1.165, 1.54) is 34.9 Å². The first-order valence-corrected chi connectivity index (χ1v) is 13.3. The average molecular weight is 526 g/mol. The number of alkyl halides is 3. The third-order valence-corrected chi connectivity index (χ3v) is 9.57. The van der Waals surface area contributed by atoms with Crippen LogP contribution in [0.2, 0.25) is 0 Å². The maximum absolute atomic E-state index is 13.1. The fourth-order valence-corrected chi connectivity index (χ4v) is 6.30. The number of amides is 1. The van der Waals surface area contributed by atoms with E-state index < -0.39 is 32.1 Å². The van der Waals surface area contributed by atoms with Crippen LogP contribution in [0.15, 0.2) is 41.3 Å². The lowest BCUT2D eigenvalue weighted by molar-refractivity contribution is -0.0891. The molecule has 0 bridgehead atoms. The number of ketones is 1. The Morgan fingerprint density at radius 2 is 1.58 bits per heavy atom. The minimum atomic E-state index is -4.95. The molecule has 0 saturated carbocycles. The number of carbonyl (C=O) groups is 2. The van der Waals surface area contributed by atoms with Gasteiger partial charge in [-0.05, 0) is 76.9 Å². The molecule has 0 radical (unpaired) electrons. The van der Waals surface area contributed by atoms with Gasteiger partial charge in [-0.15, -0.1) is 0 Å². The molecule has 3 heterocycles. The second-order valence-electron chi connectivity index (χ2n) is 10.6. The van der Waals surface area contributed by atoms with Crippen molar-refractivity contribution < 1.29 is 31.2 Å².